The molecule has 11 nitrogen and oxygen atoms in total. The summed E-state index contributed by atoms with van der Waals surface area (Å²) in [4.78, 5) is 0. The van der Waals surface area contributed by atoms with Crippen molar-refractivity contribution in [3.8, 4) is 46.0 Å². The van der Waals surface area contributed by atoms with Crippen LogP contribution in [0.3, 0.4) is 0 Å². The van der Waals surface area contributed by atoms with Crippen molar-refractivity contribution in [1.82, 2.24) is 0 Å². The van der Waals surface area contributed by atoms with E-state index in [2.05, 4.69) is 0 Å². The average molecular weight is 529 g/mol. The number of hydrogen-bond acceptors (Lipinski definition) is 11. The molecule has 0 saturated carbocycles. The minimum Gasteiger partial charge on any atom is -0.504 e. The Morgan fingerprint density at radius 1 is 0.737 bits per heavy atom. The molecule has 202 valence electrons. The fraction of sp³-hybridized carbons (Fsp3) is 0.333. The Hall–Kier alpha value is -4.06. The number of aliphatic hydroxyl groups excluding tert-OH is 3. The van der Waals surface area contributed by atoms with Crippen LogP contribution in [0.2, 0.25) is 0 Å². The molecular weight excluding hydrogens is 500 g/mol. The van der Waals surface area contributed by atoms with Gasteiger partial charge in [-0.3, -0.25) is 0 Å². The van der Waals surface area contributed by atoms with Gasteiger partial charge in [0.1, 0.15) is 29.5 Å². The third kappa shape index (κ3) is 4.24. The molecule has 0 bridgehead atoms. The van der Waals surface area contributed by atoms with Gasteiger partial charge in [0.25, 0.3) is 0 Å². The second-order valence-electron chi connectivity index (χ2n) is 8.89. The van der Waals surface area contributed by atoms with Crippen LogP contribution in [0.1, 0.15) is 35.0 Å². The van der Waals surface area contributed by atoms with E-state index >= 15 is 0 Å². The number of rotatable bonds is 6. The zero-order valence-electron chi connectivity index (χ0n) is 20.8. The maximum absolute atomic E-state index is 11.0. The van der Waals surface area contributed by atoms with Gasteiger partial charge in [-0.05, 0) is 24.3 Å². The second kappa shape index (κ2) is 10.0. The van der Waals surface area contributed by atoms with Crippen LogP contribution in [0.15, 0.2) is 42.5 Å². The molecule has 0 amide bonds. The van der Waals surface area contributed by atoms with Gasteiger partial charge in [0.15, 0.2) is 41.3 Å². The maximum atomic E-state index is 11.0. The topological polar surface area (TPSA) is 157 Å². The molecule has 5 atom stereocenters. The third-order valence-corrected chi connectivity index (χ3v) is 6.68. The Kier molecular flexibility index (Phi) is 6.74. The number of hydrogen-bond donors (Lipinski definition) is 5. The van der Waals surface area contributed by atoms with Crippen molar-refractivity contribution in [2.45, 2.75) is 30.5 Å². The third-order valence-electron chi connectivity index (χ3n) is 6.68. The standard InChI is InChI=1S/C27H28O11/c1-33-14-9-18(35-3)22-19(10-14)36-26(24(32)23(22)31)13-6-16(30)27-20(8-13)37-25(21(11-28)38-27)12-4-5-15(29)17(7-12)34-2/h4-10,21,23-26,28-32H,11H2,1-3H3. The first-order valence-corrected chi connectivity index (χ1v) is 11.8. The molecular formula is C27H28O11. The van der Waals surface area contributed by atoms with Gasteiger partial charge in [-0.15, -0.1) is 0 Å². The van der Waals surface area contributed by atoms with Gasteiger partial charge in [-0.25, -0.2) is 0 Å². The molecule has 3 aromatic carbocycles. The van der Waals surface area contributed by atoms with Crippen LogP contribution in [0.25, 0.3) is 0 Å². The van der Waals surface area contributed by atoms with Crippen molar-refractivity contribution in [2.75, 3.05) is 27.9 Å². The summed E-state index contributed by atoms with van der Waals surface area (Å²) in [6.07, 6.45) is -5.59. The van der Waals surface area contributed by atoms with E-state index in [0.29, 0.717) is 16.9 Å². The zero-order chi connectivity index (χ0) is 27.1. The Balaban J connectivity index is 1.53. The fourth-order valence-corrected chi connectivity index (χ4v) is 4.75. The number of methoxy groups -OCH3 is 3. The summed E-state index contributed by atoms with van der Waals surface area (Å²) in [6, 6.07) is 10.6. The lowest BCUT2D eigenvalue weighted by Gasteiger charge is -2.37. The van der Waals surface area contributed by atoms with Crippen molar-refractivity contribution in [3.63, 3.8) is 0 Å². The van der Waals surface area contributed by atoms with E-state index in [9.17, 15) is 25.5 Å². The molecule has 0 aliphatic carbocycles. The van der Waals surface area contributed by atoms with Crippen molar-refractivity contribution < 1.29 is 54.0 Å². The van der Waals surface area contributed by atoms with Crippen LogP contribution in [0, 0.1) is 0 Å². The molecule has 0 saturated heterocycles. The molecule has 5 rings (SSSR count). The molecule has 5 N–H and O–H groups in total. The van der Waals surface area contributed by atoms with Gasteiger partial charge >= 0.3 is 0 Å². The lowest BCUT2D eigenvalue weighted by molar-refractivity contribution is -0.0714. The quantitative estimate of drug-likeness (QED) is 0.320. The zero-order valence-corrected chi connectivity index (χ0v) is 20.8. The predicted octanol–water partition coefficient (Wildman–Crippen LogP) is 2.53. The van der Waals surface area contributed by atoms with Gasteiger partial charge in [-0.2, -0.15) is 0 Å². The van der Waals surface area contributed by atoms with Crippen LogP contribution < -0.4 is 28.4 Å². The number of phenols is 2. The highest BCUT2D eigenvalue weighted by Gasteiger charge is 2.42. The summed E-state index contributed by atoms with van der Waals surface area (Å²) in [7, 11) is 4.32. The minimum absolute atomic E-state index is 0.00406. The minimum atomic E-state index is -1.42. The first kappa shape index (κ1) is 25.6. The van der Waals surface area contributed by atoms with Crippen LogP contribution in [-0.4, -0.2) is 65.7 Å². The first-order valence-electron chi connectivity index (χ1n) is 11.8. The van der Waals surface area contributed by atoms with Gasteiger partial charge in [0.2, 0.25) is 5.75 Å². The van der Waals surface area contributed by atoms with Crippen LogP contribution in [0.4, 0.5) is 0 Å². The number of phenolic OH excluding ortho intramolecular Hbond substituents is 2. The molecule has 0 fully saturated rings. The number of ether oxygens (including phenoxy) is 6. The molecule has 2 heterocycles. The number of benzene rings is 3. The van der Waals surface area contributed by atoms with E-state index in [1.165, 1.54) is 39.5 Å². The maximum Gasteiger partial charge on any atom is 0.203 e. The lowest BCUT2D eigenvalue weighted by atomic mass is 9.91. The summed E-state index contributed by atoms with van der Waals surface area (Å²) in [6.45, 7) is -0.425. The molecule has 11 heteroatoms. The van der Waals surface area contributed by atoms with Crippen LogP contribution in [-0.2, 0) is 0 Å². The van der Waals surface area contributed by atoms with E-state index in [-0.39, 0.29) is 45.8 Å². The fourth-order valence-electron chi connectivity index (χ4n) is 4.75. The summed E-state index contributed by atoms with van der Waals surface area (Å²) in [5.74, 6) is 0.925. The van der Waals surface area contributed by atoms with E-state index in [1.807, 2.05) is 0 Å². The summed E-state index contributed by atoms with van der Waals surface area (Å²) in [5.41, 5.74) is 1.12. The highest BCUT2D eigenvalue weighted by Crippen LogP contribution is 2.51. The second-order valence-corrected chi connectivity index (χ2v) is 8.89. The van der Waals surface area contributed by atoms with Crippen LogP contribution in [0.5, 0.6) is 46.0 Å². The van der Waals surface area contributed by atoms with Gasteiger partial charge in [0.05, 0.1) is 33.5 Å². The Bertz CT molecular complexity index is 1340. The molecule has 0 spiro atoms. The summed E-state index contributed by atoms with van der Waals surface area (Å²) < 4.78 is 33.9. The molecule has 3 aromatic rings. The number of aromatic hydroxyl groups is 2. The molecule has 5 unspecified atom stereocenters. The van der Waals surface area contributed by atoms with Crippen molar-refractivity contribution in [3.05, 3.63) is 59.2 Å². The summed E-state index contributed by atoms with van der Waals surface area (Å²) in [5, 5.41) is 52.6. The smallest absolute Gasteiger partial charge is 0.203 e. The van der Waals surface area contributed by atoms with Gasteiger partial charge in [0, 0.05) is 23.3 Å². The van der Waals surface area contributed by atoms with E-state index in [1.54, 1.807) is 24.3 Å². The Morgan fingerprint density at radius 2 is 1.47 bits per heavy atom. The normalized spacial score (nSPS) is 23.7. The highest BCUT2D eigenvalue weighted by atomic mass is 16.6. The molecule has 0 radical (unpaired) electrons. The Morgan fingerprint density at radius 3 is 2.16 bits per heavy atom. The summed E-state index contributed by atoms with van der Waals surface area (Å²) >= 11 is 0. The van der Waals surface area contributed by atoms with E-state index in [4.69, 9.17) is 28.4 Å². The largest absolute Gasteiger partial charge is 0.504 e. The number of aliphatic hydroxyl groups is 3. The predicted molar refractivity (Wildman–Crippen MR) is 132 cm³/mol. The highest BCUT2D eigenvalue weighted by molar-refractivity contribution is 5.57. The molecule has 2 aliphatic heterocycles. The van der Waals surface area contributed by atoms with Crippen LogP contribution >= 0.6 is 0 Å². The average Bonchev–Trinajstić information content (AvgIpc) is 2.93. The molecule has 38 heavy (non-hydrogen) atoms. The monoisotopic (exact) mass is 528 g/mol. The molecule has 2 aliphatic rings. The van der Waals surface area contributed by atoms with Crippen molar-refractivity contribution >= 4 is 0 Å². The van der Waals surface area contributed by atoms with Crippen molar-refractivity contribution in [1.29, 1.82) is 0 Å². The molecule has 0 aromatic heterocycles. The van der Waals surface area contributed by atoms with E-state index < -0.39 is 37.1 Å². The first-order chi connectivity index (χ1) is 18.3. The van der Waals surface area contributed by atoms with Gasteiger partial charge in [-0.1, -0.05) is 6.07 Å². The lowest BCUT2D eigenvalue weighted by Crippen LogP contribution is -2.37. The van der Waals surface area contributed by atoms with Crippen molar-refractivity contribution in [2.24, 2.45) is 0 Å². The van der Waals surface area contributed by atoms with E-state index in [0.717, 1.165) is 0 Å². The Labute approximate surface area is 217 Å². The van der Waals surface area contributed by atoms with Gasteiger partial charge < -0.3 is 54.0 Å². The SMILES string of the molecule is COc1cc(OC)c2c(c1)OC(c1cc(O)c3c(c1)OC(c1ccc(O)c(OC)c1)C(CO)O3)C(O)C2O. The number of fused-ring (bicyclic) bond motifs is 2.